The standard InChI is InChI=1S/C16H22N2O3/c1-3-17-16(12-6-10(2)20-8-12)11-4-5-14-13(7-11)18-15(19)9-21-14/h4-5,7,10,12,16-17H,3,6,8-9H2,1-2H3,(H,18,19). The van der Waals surface area contributed by atoms with Gasteiger partial charge in [-0.1, -0.05) is 13.0 Å². The molecule has 1 aromatic rings. The predicted octanol–water partition coefficient (Wildman–Crippen LogP) is 2.09. The van der Waals surface area contributed by atoms with Gasteiger partial charge in [0.15, 0.2) is 6.61 Å². The van der Waals surface area contributed by atoms with Crippen molar-refractivity contribution in [2.24, 2.45) is 5.92 Å². The number of rotatable bonds is 4. The van der Waals surface area contributed by atoms with Crippen LogP contribution in [0.3, 0.4) is 0 Å². The molecule has 0 bridgehead atoms. The van der Waals surface area contributed by atoms with Crippen LogP contribution in [-0.2, 0) is 9.53 Å². The summed E-state index contributed by atoms with van der Waals surface area (Å²) in [6, 6.07) is 6.27. The van der Waals surface area contributed by atoms with E-state index in [2.05, 4.69) is 30.5 Å². The molecule has 0 spiro atoms. The molecule has 0 aromatic heterocycles. The molecular weight excluding hydrogens is 268 g/mol. The Morgan fingerprint density at radius 3 is 3.05 bits per heavy atom. The zero-order valence-corrected chi connectivity index (χ0v) is 12.5. The lowest BCUT2D eigenvalue weighted by molar-refractivity contribution is -0.118. The van der Waals surface area contributed by atoms with E-state index in [0.717, 1.165) is 31.0 Å². The second kappa shape index (κ2) is 6.03. The van der Waals surface area contributed by atoms with Crippen LogP contribution < -0.4 is 15.4 Å². The van der Waals surface area contributed by atoms with Gasteiger partial charge in [0, 0.05) is 12.0 Å². The summed E-state index contributed by atoms with van der Waals surface area (Å²) in [7, 11) is 0. The zero-order valence-electron chi connectivity index (χ0n) is 12.5. The van der Waals surface area contributed by atoms with Gasteiger partial charge in [0.05, 0.1) is 18.4 Å². The van der Waals surface area contributed by atoms with Crippen LogP contribution in [0.5, 0.6) is 5.75 Å². The molecule has 1 saturated heterocycles. The fourth-order valence-corrected chi connectivity index (χ4v) is 3.15. The first kappa shape index (κ1) is 14.4. The molecule has 1 fully saturated rings. The minimum Gasteiger partial charge on any atom is -0.482 e. The van der Waals surface area contributed by atoms with Crippen molar-refractivity contribution >= 4 is 11.6 Å². The average Bonchev–Trinajstić information content (AvgIpc) is 2.90. The molecule has 0 radical (unpaired) electrons. The summed E-state index contributed by atoms with van der Waals surface area (Å²) in [5.74, 6) is 1.10. The molecule has 114 valence electrons. The fourth-order valence-electron chi connectivity index (χ4n) is 3.15. The van der Waals surface area contributed by atoms with Crippen molar-refractivity contribution < 1.29 is 14.3 Å². The number of benzene rings is 1. The van der Waals surface area contributed by atoms with Crippen LogP contribution in [-0.4, -0.2) is 31.8 Å². The maximum atomic E-state index is 11.5. The Balaban J connectivity index is 1.85. The Hall–Kier alpha value is -1.59. The van der Waals surface area contributed by atoms with E-state index in [4.69, 9.17) is 9.47 Å². The normalized spacial score (nSPS) is 25.9. The topological polar surface area (TPSA) is 59.6 Å². The summed E-state index contributed by atoms with van der Waals surface area (Å²) >= 11 is 0. The van der Waals surface area contributed by atoms with E-state index in [-0.39, 0.29) is 18.6 Å². The first-order valence-corrected chi connectivity index (χ1v) is 7.59. The maximum absolute atomic E-state index is 11.5. The number of amides is 1. The van der Waals surface area contributed by atoms with E-state index >= 15 is 0 Å². The summed E-state index contributed by atoms with van der Waals surface area (Å²) in [5, 5.41) is 6.42. The number of ether oxygens (including phenoxy) is 2. The molecule has 5 nitrogen and oxygen atoms in total. The van der Waals surface area contributed by atoms with Crippen molar-refractivity contribution in [3.63, 3.8) is 0 Å². The van der Waals surface area contributed by atoms with Gasteiger partial charge in [-0.05, 0) is 37.6 Å². The van der Waals surface area contributed by atoms with Crippen LogP contribution in [0.1, 0.15) is 31.9 Å². The van der Waals surface area contributed by atoms with Crippen LogP contribution in [0.15, 0.2) is 18.2 Å². The molecule has 0 aliphatic carbocycles. The third-order valence-corrected chi connectivity index (χ3v) is 4.12. The smallest absolute Gasteiger partial charge is 0.262 e. The summed E-state index contributed by atoms with van der Waals surface area (Å²) < 4.78 is 11.1. The van der Waals surface area contributed by atoms with Crippen LogP contribution in [0, 0.1) is 5.92 Å². The van der Waals surface area contributed by atoms with Crippen molar-refractivity contribution in [3.8, 4) is 5.75 Å². The number of fused-ring (bicyclic) bond motifs is 1. The minimum absolute atomic E-state index is 0.0942. The monoisotopic (exact) mass is 290 g/mol. The molecule has 2 heterocycles. The molecule has 3 rings (SSSR count). The third-order valence-electron chi connectivity index (χ3n) is 4.12. The Kier molecular flexibility index (Phi) is 4.12. The molecule has 1 amide bonds. The number of hydrogen-bond acceptors (Lipinski definition) is 4. The highest BCUT2D eigenvalue weighted by Gasteiger charge is 2.31. The Bertz CT molecular complexity index is 532. The first-order chi connectivity index (χ1) is 10.2. The van der Waals surface area contributed by atoms with Crippen molar-refractivity contribution in [1.29, 1.82) is 0 Å². The van der Waals surface area contributed by atoms with E-state index in [0.29, 0.717) is 12.0 Å². The Morgan fingerprint density at radius 2 is 2.33 bits per heavy atom. The molecular formula is C16H22N2O3. The van der Waals surface area contributed by atoms with E-state index in [1.165, 1.54) is 5.56 Å². The molecule has 21 heavy (non-hydrogen) atoms. The van der Waals surface area contributed by atoms with Gasteiger partial charge in [-0.25, -0.2) is 0 Å². The zero-order chi connectivity index (χ0) is 14.8. The largest absolute Gasteiger partial charge is 0.482 e. The average molecular weight is 290 g/mol. The van der Waals surface area contributed by atoms with Crippen LogP contribution in [0.25, 0.3) is 0 Å². The van der Waals surface area contributed by atoms with Gasteiger partial charge >= 0.3 is 0 Å². The predicted molar refractivity (Wildman–Crippen MR) is 80.5 cm³/mol. The highest BCUT2D eigenvalue weighted by Crippen LogP contribution is 2.36. The Labute approximate surface area is 125 Å². The van der Waals surface area contributed by atoms with Gasteiger partial charge in [-0.2, -0.15) is 0 Å². The van der Waals surface area contributed by atoms with Crippen molar-refractivity contribution in [3.05, 3.63) is 23.8 Å². The van der Waals surface area contributed by atoms with Crippen molar-refractivity contribution in [1.82, 2.24) is 5.32 Å². The highest BCUT2D eigenvalue weighted by atomic mass is 16.5. The van der Waals surface area contributed by atoms with Crippen LogP contribution in [0.2, 0.25) is 0 Å². The molecule has 2 aliphatic rings. The molecule has 3 unspecified atom stereocenters. The number of nitrogens with one attached hydrogen (secondary N) is 2. The lowest BCUT2D eigenvalue weighted by Crippen LogP contribution is -2.30. The van der Waals surface area contributed by atoms with E-state index in [9.17, 15) is 4.79 Å². The van der Waals surface area contributed by atoms with E-state index < -0.39 is 0 Å². The number of carbonyl (C=O) groups is 1. The molecule has 5 heteroatoms. The number of carbonyl (C=O) groups excluding carboxylic acids is 1. The molecule has 2 aliphatic heterocycles. The fraction of sp³-hybridized carbons (Fsp3) is 0.562. The maximum Gasteiger partial charge on any atom is 0.262 e. The Morgan fingerprint density at radius 1 is 1.48 bits per heavy atom. The van der Waals surface area contributed by atoms with Crippen molar-refractivity contribution in [2.75, 3.05) is 25.1 Å². The summed E-state index contributed by atoms with van der Waals surface area (Å²) in [6.07, 6.45) is 1.37. The van der Waals surface area contributed by atoms with Gasteiger partial charge in [-0.3, -0.25) is 4.79 Å². The number of anilines is 1. The minimum atomic E-state index is -0.0996. The second-order valence-electron chi connectivity index (χ2n) is 5.77. The van der Waals surface area contributed by atoms with Gasteiger partial charge in [0.1, 0.15) is 5.75 Å². The lowest BCUT2D eigenvalue weighted by atomic mass is 9.90. The summed E-state index contributed by atoms with van der Waals surface area (Å²) in [5.41, 5.74) is 1.93. The van der Waals surface area contributed by atoms with Gasteiger partial charge in [-0.15, -0.1) is 0 Å². The summed E-state index contributed by atoms with van der Waals surface area (Å²) in [4.78, 5) is 11.5. The molecule has 1 aromatic carbocycles. The third kappa shape index (κ3) is 3.04. The van der Waals surface area contributed by atoms with Gasteiger partial charge in [0.2, 0.25) is 0 Å². The van der Waals surface area contributed by atoms with Gasteiger partial charge < -0.3 is 20.1 Å². The molecule has 2 N–H and O–H groups in total. The van der Waals surface area contributed by atoms with E-state index in [1.54, 1.807) is 0 Å². The van der Waals surface area contributed by atoms with Crippen LogP contribution >= 0.6 is 0 Å². The first-order valence-electron chi connectivity index (χ1n) is 7.59. The highest BCUT2D eigenvalue weighted by molar-refractivity contribution is 5.95. The number of hydrogen-bond donors (Lipinski definition) is 2. The van der Waals surface area contributed by atoms with E-state index in [1.807, 2.05) is 12.1 Å². The summed E-state index contributed by atoms with van der Waals surface area (Å²) in [6.45, 7) is 5.99. The second-order valence-corrected chi connectivity index (χ2v) is 5.77. The van der Waals surface area contributed by atoms with Gasteiger partial charge in [0.25, 0.3) is 5.91 Å². The van der Waals surface area contributed by atoms with Crippen LogP contribution in [0.4, 0.5) is 5.69 Å². The van der Waals surface area contributed by atoms with Crippen molar-refractivity contribution in [2.45, 2.75) is 32.4 Å². The molecule has 0 saturated carbocycles. The SMILES string of the molecule is CCNC(c1ccc2c(c1)NC(=O)CO2)C1COC(C)C1. The lowest BCUT2D eigenvalue weighted by Gasteiger charge is -2.26. The quantitative estimate of drug-likeness (QED) is 0.891. The molecule has 3 atom stereocenters.